The van der Waals surface area contributed by atoms with E-state index in [9.17, 15) is 9.59 Å². The summed E-state index contributed by atoms with van der Waals surface area (Å²) in [6.07, 6.45) is 2.98. The lowest BCUT2D eigenvalue weighted by atomic mass is 10.1. The van der Waals surface area contributed by atoms with E-state index in [1.165, 1.54) is 6.21 Å². The van der Waals surface area contributed by atoms with Crippen molar-refractivity contribution in [2.75, 3.05) is 19.0 Å². The van der Waals surface area contributed by atoms with E-state index in [0.717, 1.165) is 16.8 Å². The summed E-state index contributed by atoms with van der Waals surface area (Å²) < 4.78 is 5.77. The number of anilines is 1. The van der Waals surface area contributed by atoms with Gasteiger partial charge >= 0.3 is 0 Å². The maximum atomic E-state index is 13.0. The molecule has 0 atom stereocenters. The first-order valence-electron chi connectivity index (χ1n) is 11.4. The van der Waals surface area contributed by atoms with Crippen molar-refractivity contribution in [2.24, 2.45) is 5.10 Å². The molecular weight excluding hydrogens is 488 g/mol. The maximum absolute atomic E-state index is 13.0. The number of carbonyl (C=O) groups is 2. The normalized spacial score (nSPS) is 11.4. The van der Waals surface area contributed by atoms with Gasteiger partial charge in [0.25, 0.3) is 11.8 Å². The second-order valence-corrected chi connectivity index (χ2v) is 8.71. The minimum absolute atomic E-state index is 0.0462. The Hall–Kier alpha value is -4.62. The molecule has 0 radical (unpaired) electrons. The fourth-order valence-corrected chi connectivity index (χ4v) is 3.51. The van der Waals surface area contributed by atoms with Crippen LogP contribution in [0, 0.1) is 0 Å². The number of halogens is 1. The van der Waals surface area contributed by atoms with Gasteiger partial charge in [0.1, 0.15) is 17.2 Å². The molecule has 4 aromatic rings. The molecular formula is C29H25ClN4O3. The molecule has 0 bridgehead atoms. The fraction of sp³-hybridized carbons (Fsp3) is 0.0690. The number of carbonyl (C=O) groups excluding carboxylic acids is 2. The lowest BCUT2D eigenvalue weighted by molar-refractivity contribution is -0.117. The highest BCUT2D eigenvalue weighted by Gasteiger charge is 2.14. The third-order valence-corrected chi connectivity index (χ3v) is 5.61. The highest BCUT2D eigenvalue weighted by molar-refractivity contribution is 6.30. The summed E-state index contributed by atoms with van der Waals surface area (Å²) in [6.45, 7) is 0. The Bertz CT molecular complexity index is 1420. The van der Waals surface area contributed by atoms with Gasteiger partial charge in [0, 0.05) is 35.9 Å². The molecule has 7 nitrogen and oxygen atoms in total. The summed E-state index contributed by atoms with van der Waals surface area (Å²) in [5, 5.41) is 7.33. The third-order valence-electron chi connectivity index (χ3n) is 5.36. The number of hydrazone groups is 1. The van der Waals surface area contributed by atoms with Crippen LogP contribution in [0.25, 0.3) is 17.4 Å². The van der Waals surface area contributed by atoms with Crippen LogP contribution in [0.1, 0.15) is 21.7 Å². The van der Waals surface area contributed by atoms with Crippen LogP contribution in [0.5, 0.6) is 0 Å². The van der Waals surface area contributed by atoms with Crippen LogP contribution in [0.4, 0.5) is 5.69 Å². The standard InChI is InChI=1S/C29H25ClN4O3/c1-34(2)24-14-8-20(9-15-24)18-26(32-28(35)22-6-4-3-5-7-22)29(36)33-31-19-25-16-17-27(37-25)21-10-12-23(30)13-11-21/h3-19H,1-2H3,(H,32,35)(H,33,36)/b26-18-,31-19-. The molecule has 186 valence electrons. The predicted octanol–water partition coefficient (Wildman–Crippen LogP) is 5.59. The molecule has 2 amide bonds. The van der Waals surface area contributed by atoms with Crippen molar-refractivity contribution < 1.29 is 14.0 Å². The molecule has 0 fully saturated rings. The number of benzene rings is 3. The molecule has 0 unspecified atom stereocenters. The van der Waals surface area contributed by atoms with E-state index < -0.39 is 11.8 Å². The van der Waals surface area contributed by atoms with Gasteiger partial charge in [-0.3, -0.25) is 9.59 Å². The van der Waals surface area contributed by atoms with Gasteiger partial charge in [-0.15, -0.1) is 0 Å². The van der Waals surface area contributed by atoms with Gasteiger partial charge in [0.2, 0.25) is 0 Å². The fourth-order valence-electron chi connectivity index (χ4n) is 3.38. The van der Waals surface area contributed by atoms with Crippen LogP contribution in [-0.2, 0) is 4.79 Å². The maximum Gasteiger partial charge on any atom is 0.287 e. The van der Waals surface area contributed by atoms with Gasteiger partial charge in [0.05, 0.1) is 6.21 Å². The van der Waals surface area contributed by atoms with Crippen molar-refractivity contribution in [1.29, 1.82) is 0 Å². The Balaban J connectivity index is 1.50. The zero-order chi connectivity index (χ0) is 26.2. The molecule has 8 heteroatoms. The molecule has 0 saturated heterocycles. The molecule has 0 saturated carbocycles. The third kappa shape index (κ3) is 6.96. The van der Waals surface area contributed by atoms with E-state index in [1.807, 2.05) is 61.5 Å². The van der Waals surface area contributed by atoms with Crippen molar-refractivity contribution in [3.63, 3.8) is 0 Å². The number of amides is 2. The quantitative estimate of drug-likeness (QED) is 0.183. The van der Waals surface area contributed by atoms with E-state index in [2.05, 4.69) is 15.8 Å². The summed E-state index contributed by atoms with van der Waals surface area (Å²) in [6, 6.07) is 27.0. The van der Waals surface area contributed by atoms with Crippen molar-refractivity contribution >= 4 is 41.4 Å². The van der Waals surface area contributed by atoms with Gasteiger partial charge < -0.3 is 14.6 Å². The zero-order valence-electron chi connectivity index (χ0n) is 20.3. The second-order valence-electron chi connectivity index (χ2n) is 8.27. The topological polar surface area (TPSA) is 86.9 Å². The molecule has 1 heterocycles. The molecule has 0 aliphatic carbocycles. The Morgan fingerprint density at radius 2 is 1.59 bits per heavy atom. The minimum Gasteiger partial charge on any atom is -0.455 e. The van der Waals surface area contributed by atoms with Crippen LogP contribution in [-0.4, -0.2) is 32.1 Å². The molecule has 0 aliphatic rings. The van der Waals surface area contributed by atoms with Gasteiger partial charge in [0.15, 0.2) is 0 Å². The smallest absolute Gasteiger partial charge is 0.287 e. The minimum atomic E-state index is -0.582. The summed E-state index contributed by atoms with van der Waals surface area (Å²) in [7, 11) is 3.89. The van der Waals surface area contributed by atoms with E-state index in [1.54, 1.807) is 54.6 Å². The Labute approximate surface area is 220 Å². The number of hydrogen-bond acceptors (Lipinski definition) is 5. The largest absolute Gasteiger partial charge is 0.455 e. The Kier molecular flexibility index (Phi) is 8.18. The van der Waals surface area contributed by atoms with E-state index in [-0.39, 0.29) is 5.70 Å². The lowest BCUT2D eigenvalue weighted by Gasteiger charge is -2.12. The first kappa shape index (κ1) is 25.5. The number of hydrogen-bond donors (Lipinski definition) is 2. The van der Waals surface area contributed by atoms with Crippen LogP contribution in [0.3, 0.4) is 0 Å². The summed E-state index contributed by atoms with van der Waals surface area (Å²) in [5.41, 5.74) is 5.55. The Morgan fingerprint density at radius 1 is 0.892 bits per heavy atom. The second kappa shape index (κ2) is 11.9. The van der Waals surface area contributed by atoms with Crippen LogP contribution in [0.15, 0.2) is 106 Å². The average Bonchev–Trinajstić information content (AvgIpc) is 3.38. The molecule has 0 spiro atoms. The van der Waals surface area contributed by atoms with Crippen molar-refractivity contribution in [3.8, 4) is 11.3 Å². The van der Waals surface area contributed by atoms with Crippen molar-refractivity contribution in [3.05, 3.63) is 119 Å². The molecule has 2 N–H and O–H groups in total. The number of rotatable bonds is 8. The molecule has 0 aliphatic heterocycles. The Morgan fingerprint density at radius 3 is 2.27 bits per heavy atom. The summed E-state index contributed by atoms with van der Waals surface area (Å²) in [5.74, 6) is 0.0981. The van der Waals surface area contributed by atoms with Crippen LogP contribution in [0.2, 0.25) is 5.02 Å². The lowest BCUT2D eigenvalue weighted by Crippen LogP contribution is -2.32. The monoisotopic (exact) mass is 512 g/mol. The van der Waals surface area contributed by atoms with E-state index >= 15 is 0 Å². The average molecular weight is 513 g/mol. The SMILES string of the molecule is CN(C)c1ccc(/C=C(\NC(=O)c2ccccc2)C(=O)N/N=C\c2ccc(-c3ccc(Cl)cc3)o2)cc1. The first-order valence-corrected chi connectivity index (χ1v) is 11.8. The van der Waals surface area contributed by atoms with Gasteiger partial charge in [-0.1, -0.05) is 41.9 Å². The highest BCUT2D eigenvalue weighted by Crippen LogP contribution is 2.23. The molecule has 4 rings (SSSR count). The van der Waals surface area contributed by atoms with Crippen LogP contribution < -0.4 is 15.6 Å². The van der Waals surface area contributed by atoms with Crippen molar-refractivity contribution in [1.82, 2.24) is 10.7 Å². The zero-order valence-corrected chi connectivity index (χ0v) is 21.1. The molecule has 3 aromatic carbocycles. The molecule has 1 aromatic heterocycles. The molecule has 37 heavy (non-hydrogen) atoms. The van der Waals surface area contributed by atoms with Gasteiger partial charge in [-0.05, 0) is 72.3 Å². The number of nitrogens with one attached hydrogen (secondary N) is 2. The highest BCUT2D eigenvalue weighted by atomic mass is 35.5. The summed E-state index contributed by atoms with van der Waals surface area (Å²) >= 11 is 5.94. The van der Waals surface area contributed by atoms with Gasteiger partial charge in [-0.25, -0.2) is 5.43 Å². The number of furan rings is 1. The number of nitrogens with zero attached hydrogens (tertiary/aromatic N) is 2. The van der Waals surface area contributed by atoms with Gasteiger partial charge in [-0.2, -0.15) is 5.10 Å². The first-order chi connectivity index (χ1) is 17.9. The van der Waals surface area contributed by atoms with Crippen molar-refractivity contribution in [2.45, 2.75) is 0 Å². The van der Waals surface area contributed by atoms with Crippen LogP contribution >= 0.6 is 11.6 Å². The van der Waals surface area contributed by atoms with E-state index in [0.29, 0.717) is 22.1 Å². The van der Waals surface area contributed by atoms with E-state index in [4.69, 9.17) is 16.0 Å². The summed E-state index contributed by atoms with van der Waals surface area (Å²) in [4.78, 5) is 27.7. The predicted molar refractivity (Wildman–Crippen MR) is 148 cm³/mol.